The van der Waals surface area contributed by atoms with Gasteiger partial charge < -0.3 is 5.32 Å². The third-order valence-corrected chi connectivity index (χ3v) is 4.14. The number of pyridine rings is 3. The average molecular weight is 340 g/mol. The minimum Gasteiger partial charge on any atom is -0.347 e. The first kappa shape index (κ1) is 15.9. The van der Waals surface area contributed by atoms with Crippen molar-refractivity contribution in [3.8, 4) is 11.3 Å². The molecule has 0 saturated carbocycles. The zero-order valence-corrected chi connectivity index (χ0v) is 14.0. The Hall–Kier alpha value is -3.60. The Kier molecular flexibility index (Phi) is 4.35. The second kappa shape index (κ2) is 7.11. The summed E-state index contributed by atoms with van der Waals surface area (Å²) in [4.78, 5) is 25.2. The Balaban J connectivity index is 1.53. The van der Waals surface area contributed by atoms with Crippen LogP contribution in [0, 0.1) is 0 Å². The fourth-order valence-corrected chi connectivity index (χ4v) is 2.83. The summed E-state index contributed by atoms with van der Waals surface area (Å²) in [6, 6.07) is 17.3. The Bertz CT molecular complexity index is 1060. The molecule has 0 saturated heterocycles. The van der Waals surface area contributed by atoms with Gasteiger partial charge in [0.15, 0.2) is 0 Å². The normalized spacial score (nSPS) is 10.6. The lowest BCUT2D eigenvalue weighted by atomic mass is 10.1. The van der Waals surface area contributed by atoms with Crippen molar-refractivity contribution in [2.75, 3.05) is 0 Å². The van der Waals surface area contributed by atoms with Crippen molar-refractivity contribution in [3.63, 3.8) is 0 Å². The first-order chi connectivity index (χ1) is 12.8. The molecule has 126 valence electrons. The highest BCUT2D eigenvalue weighted by atomic mass is 16.1. The van der Waals surface area contributed by atoms with Crippen molar-refractivity contribution in [3.05, 3.63) is 90.6 Å². The highest BCUT2D eigenvalue weighted by Gasteiger charge is 2.11. The number of carbonyl (C=O) groups is 1. The van der Waals surface area contributed by atoms with E-state index in [9.17, 15) is 4.79 Å². The first-order valence-electron chi connectivity index (χ1n) is 8.28. The highest BCUT2D eigenvalue weighted by Crippen LogP contribution is 2.18. The van der Waals surface area contributed by atoms with Crippen LogP contribution in [0.15, 0.2) is 79.4 Å². The fraction of sp³-hybridized carbons (Fsp3) is 0.0476. The van der Waals surface area contributed by atoms with E-state index in [4.69, 9.17) is 0 Å². The standard InChI is InChI=1S/C21H16N4O/c26-21(20-18-4-2-1-3-16(18)8-12-24-20)25-14-15-5-11-23-19(13-15)17-6-9-22-10-7-17/h1-13H,14H2,(H,25,26). The quantitative estimate of drug-likeness (QED) is 0.616. The maximum atomic E-state index is 12.6. The van der Waals surface area contributed by atoms with Gasteiger partial charge in [-0.05, 0) is 41.3 Å². The summed E-state index contributed by atoms with van der Waals surface area (Å²) >= 11 is 0. The maximum Gasteiger partial charge on any atom is 0.270 e. The lowest BCUT2D eigenvalue weighted by molar-refractivity contribution is 0.0948. The van der Waals surface area contributed by atoms with Gasteiger partial charge in [0.2, 0.25) is 0 Å². The Morgan fingerprint density at radius 1 is 0.885 bits per heavy atom. The molecule has 0 atom stereocenters. The number of aromatic nitrogens is 3. The van der Waals surface area contributed by atoms with Crippen LogP contribution in [0.25, 0.3) is 22.0 Å². The molecule has 1 amide bonds. The predicted octanol–water partition coefficient (Wildman–Crippen LogP) is 3.62. The summed E-state index contributed by atoms with van der Waals surface area (Å²) in [7, 11) is 0. The number of amides is 1. The van der Waals surface area contributed by atoms with E-state index in [1.807, 2.05) is 54.6 Å². The van der Waals surface area contributed by atoms with Crippen LogP contribution in [0.3, 0.4) is 0 Å². The predicted molar refractivity (Wildman–Crippen MR) is 100 cm³/mol. The second-order valence-corrected chi connectivity index (χ2v) is 5.85. The molecule has 0 aliphatic carbocycles. The molecule has 26 heavy (non-hydrogen) atoms. The van der Waals surface area contributed by atoms with Crippen LogP contribution in [0.4, 0.5) is 0 Å². The summed E-state index contributed by atoms with van der Waals surface area (Å²) in [6.07, 6.45) is 6.87. The van der Waals surface area contributed by atoms with Gasteiger partial charge in [0.25, 0.3) is 5.91 Å². The summed E-state index contributed by atoms with van der Waals surface area (Å²) in [5.41, 5.74) is 3.25. The molecule has 0 bridgehead atoms. The molecule has 0 unspecified atom stereocenters. The highest BCUT2D eigenvalue weighted by molar-refractivity contribution is 6.05. The monoisotopic (exact) mass is 340 g/mol. The van der Waals surface area contributed by atoms with Crippen LogP contribution in [0.1, 0.15) is 16.1 Å². The Morgan fingerprint density at radius 2 is 1.69 bits per heavy atom. The SMILES string of the molecule is O=C(NCc1ccnc(-c2ccncc2)c1)c1nccc2ccccc12. The molecule has 5 heteroatoms. The zero-order chi connectivity index (χ0) is 17.8. The molecule has 1 N–H and O–H groups in total. The summed E-state index contributed by atoms with van der Waals surface area (Å²) in [5.74, 6) is -0.191. The van der Waals surface area contributed by atoms with Crippen molar-refractivity contribution in [1.82, 2.24) is 20.3 Å². The van der Waals surface area contributed by atoms with Crippen LogP contribution in [0.5, 0.6) is 0 Å². The number of hydrogen-bond donors (Lipinski definition) is 1. The van der Waals surface area contributed by atoms with Gasteiger partial charge in [-0.15, -0.1) is 0 Å². The third-order valence-electron chi connectivity index (χ3n) is 4.14. The van der Waals surface area contributed by atoms with Crippen molar-refractivity contribution >= 4 is 16.7 Å². The van der Waals surface area contributed by atoms with E-state index in [1.54, 1.807) is 24.8 Å². The number of nitrogens with zero attached hydrogens (tertiary/aromatic N) is 3. The van der Waals surface area contributed by atoms with Crippen LogP contribution in [0.2, 0.25) is 0 Å². The van der Waals surface area contributed by atoms with E-state index in [0.29, 0.717) is 12.2 Å². The topological polar surface area (TPSA) is 67.8 Å². The summed E-state index contributed by atoms with van der Waals surface area (Å²) < 4.78 is 0. The molecule has 0 fully saturated rings. The van der Waals surface area contributed by atoms with Crippen molar-refractivity contribution in [2.45, 2.75) is 6.54 Å². The minimum absolute atomic E-state index is 0.191. The van der Waals surface area contributed by atoms with Gasteiger partial charge in [-0.1, -0.05) is 24.3 Å². The van der Waals surface area contributed by atoms with Gasteiger partial charge in [0, 0.05) is 42.3 Å². The molecule has 1 aromatic carbocycles. The number of nitrogens with one attached hydrogen (secondary N) is 1. The van der Waals surface area contributed by atoms with Gasteiger partial charge in [0.1, 0.15) is 5.69 Å². The molecule has 4 aromatic rings. The fourth-order valence-electron chi connectivity index (χ4n) is 2.83. The largest absolute Gasteiger partial charge is 0.347 e. The van der Waals surface area contributed by atoms with E-state index in [2.05, 4.69) is 20.3 Å². The summed E-state index contributed by atoms with van der Waals surface area (Å²) in [5, 5.41) is 4.79. The zero-order valence-electron chi connectivity index (χ0n) is 14.0. The lowest BCUT2D eigenvalue weighted by Gasteiger charge is -2.08. The minimum atomic E-state index is -0.191. The van der Waals surface area contributed by atoms with E-state index >= 15 is 0 Å². The van der Waals surface area contributed by atoms with Crippen LogP contribution >= 0.6 is 0 Å². The molecule has 0 aliphatic rings. The van der Waals surface area contributed by atoms with Crippen molar-refractivity contribution in [1.29, 1.82) is 0 Å². The van der Waals surface area contributed by atoms with E-state index < -0.39 is 0 Å². The van der Waals surface area contributed by atoms with Gasteiger partial charge in [-0.25, -0.2) is 0 Å². The average Bonchev–Trinajstić information content (AvgIpc) is 2.72. The molecule has 3 aromatic heterocycles. The Labute approximate surface area is 150 Å². The second-order valence-electron chi connectivity index (χ2n) is 5.85. The van der Waals surface area contributed by atoms with Gasteiger partial charge in [0.05, 0.1) is 5.69 Å². The third kappa shape index (κ3) is 3.28. The van der Waals surface area contributed by atoms with Crippen LogP contribution < -0.4 is 5.32 Å². The van der Waals surface area contributed by atoms with Gasteiger partial charge in [-0.2, -0.15) is 0 Å². The van der Waals surface area contributed by atoms with Crippen LogP contribution in [-0.2, 0) is 6.54 Å². The van der Waals surface area contributed by atoms with E-state index in [0.717, 1.165) is 27.6 Å². The molecule has 3 heterocycles. The van der Waals surface area contributed by atoms with Crippen molar-refractivity contribution in [2.24, 2.45) is 0 Å². The molecule has 0 spiro atoms. The Morgan fingerprint density at radius 3 is 2.58 bits per heavy atom. The molecule has 5 nitrogen and oxygen atoms in total. The smallest absolute Gasteiger partial charge is 0.270 e. The number of carbonyl (C=O) groups excluding carboxylic acids is 1. The molecule has 4 rings (SSSR count). The maximum absolute atomic E-state index is 12.6. The van der Waals surface area contributed by atoms with E-state index in [1.165, 1.54) is 0 Å². The van der Waals surface area contributed by atoms with Gasteiger partial charge in [-0.3, -0.25) is 19.7 Å². The molecular weight excluding hydrogens is 324 g/mol. The molecule has 0 aliphatic heterocycles. The number of hydrogen-bond acceptors (Lipinski definition) is 4. The van der Waals surface area contributed by atoms with Crippen LogP contribution in [-0.4, -0.2) is 20.9 Å². The van der Waals surface area contributed by atoms with E-state index in [-0.39, 0.29) is 5.91 Å². The number of rotatable bonds is 4. The lowest BCUT2D eigenvalue weighted by Crippen LogP contribution is -2.24. The number of benzene rings is 1. The molecule has 0 radical (unpaired) electrons. The van der Waals surface area contributed by atoms with Gasteiger partial charge >= 0.3 is 0 Å². The number of fused-ring (bicyclic) bond motifs is 1. The summed E-state index contributed by atoms with van der Waals surface area (Å²) in [6.45, 7) is 0.407. The molecular formula is C21H16N4O. The first-order valence-corrected chi connectivity index (χ1v) is 8.28. The van der Waals surface area contributed by atoms with Crippen molar-refractivity contribution < 1.29 is 4.79 Å².